The molecule has 2 rings (SSSR count). The first-order valence-electron chi connectivity index (χ1n) is 4.95. The standard InChI is InChI=1S/C10H13ClN4O/c1-10(2,3)16-6-9-14-13-8-5-12-4-7(11)15(8)9/h4-5H,6H2,1-3H3. The molecule has 2 aromatic rings. The number of hydrogen-bond donors (Lipinski definition) is 0. The second-order valence-corrected chi connectivity index (χ2v) is 4.83. The van der Waals surface area contributed by atoms with E-state index >= 15 is 0 Å². The van der Waals surface area contributed by atoms with Gasteiger partial charge in [0.05, 0.1) is 18.0 Å². The Bertz CT molecular complexity index is 503. The summed E-state index contributed by atoms with van der Waals surface area (Å²) in [6.07, 6.45) is 3.16. The Morgan fingerprint density at radius 2 is 2.06 bits per heavy atom. The second kappa shape index (κ2) is 3.99. The van der Waals surface area contributed by atoms with Crippen LogP contribution >= 0.6 is 11.6 Å². The van der Waals surface area contributed by atoms with Gasteiger partial charge in [-0.1, -0.05) is 11.6 Å². The van der Waals surface area contributed by atoms with Crippen LogP contribution in [-0.4, -0.2) is 25.2 Å². The van der Waals surface area contributed by atoms with Crippen LogP contribution in [0.1, 0.15) is 26.6 Å². The topological polar surface area (TPSA) is 52.3 Å². The van der Waals surface area contributed by atoms with Gasteiger partial charge in [0.1, 0.15) is 11.8 Å². The average molecular weight is 241 g/mol. The molecular weight excluding hydrogens is 228 g/mol. The van der Waals surface area contributed by atoms with E-state index in [1.807, 2.05) is 20.8 Å². The third-order valence-corrected chi connectivity index (χ3v) is 2.24. The highest BCUT2D eigenvalue weighted by atomic mass is 35.5. The quantitative estimate of drug-likeness (QED) is 0.807. The Labute approximate surface area is 98.4 Å². The molecule has 0 amide bonds. The largest absolute Gasteiger partial charge is 0.368 e. The highest BCUT2D eigenvalue weighted by molar-refractivity contribution is 6.29. The molecule has 0 N–H and O–H groups in total. The first-order chi connectivity index (χ1) is 7.47. The molecule has 6 heteroatoms. The van der Waals surface area contributed by atoms with Crippen LogP contribution in [0, 0.1) is 0 Å². The molecule has 2 aromatic heterocycles. The minimum absolute atomic E-state index is 0.217. The van der Waals surface area contributed by atoms with Crippen molar-refractivity contribution in [1.29, 1.82) is 0 Å². The number of fused-ring (bicyclic) bond motifs is 1. The number of nitrogens with zero attached hydrogens (tertiary/aromatic N) is 4. The van der Waals surface area contributed by atoms with Crippen LogP contribution < -0.4 is 0 Å². The highest BCUT2D eigenvalue weighted by Crippen LogP contribution is 2.15. The third kappa shape index (κ3) is 2.31. The summed E-state index contributed by atoms with van der Waals surface area (Å²) >= 11 is 6.02. The summed E-state index contributed by atoms with van der Waals surface area (Å²) in [6, 6.07) is 0. The second-order valence-electron chi connectivity index (χ2n) is 4.44. The van der Waals surface area contributed by atoms with Gasteiger partial charge in [0.2, 0.25) is 0 Å². The van der Waals surface area contributed by atoms with Crippen LogP contribution in [0.25, 0.3) is 5.65 Å². The minimum Gasteiger partial charge on any atom is -0.368 e. The van der Waals surface area contributed by atoms with Crippen molar-refractivity contribution in [1.82, 2.24) is 19.6 Å². The van der Waals surface area contributed by atoms with Gasteiger partial charge in [-0.3, -0.25) is 9.38 Å². The van der Waals surface area contributed by atoms with Crippen molar-refractivity contribution in [2.24, 2.45) is 0 Å². The third-order valence-electron chi connectivity index (χ3n) is 1.97. The van der Waals surface area contributed by atoms with E-state index in [4.69, 9.17) is 16.3 Å². The maximum Gasteiger partial charge on any atom is 0.180 e. The van der Waals surface area contributed by atoms with Gasteiger partial charge in [0.25, 0.3) is 0 Å². The molecule has 0 saturated carbocycles. The fraction of sp³-hybridized carbons (Fsp3) is 0.500. The lowest BCUT2D eigenvalue weighted by molar-refractivity contribution is -0.0184. The molecule has 5 nitrogen and oxygen atoms in total. The summed E-state index contributed by atoms with van der Waals surface area (Å²) < 4.78 is 7.36. The van der Waals surface area contributed by atoms with E-state index in [1.165, 1.54) is 0 Å². The molecule has 16 heavy (non-hydrogen) atoms. The van der Waals surface area contributed by atoms with Gasteiger partial charge in [-0.2, -0.15) is 0 Å². The van der Waals surface area contributed by atoms with Crippen molar-refractivity contribution < 1.29 is 4.74 Å². The molecule has 0 aliphatic rings. The van der Waals surface area contributed by atoms with E-state index in [2.05, 4.69) is 15.2 Å². The Morgan fingerprint density at radius 1 is 1.31 bits per heavy atom. The van der Waals surface area contributed by atoms with Crippen molar-refractivity contribution >= 4 is 17.2 Å². The highest BCUT2D eigenvalue weighted by Gasteiger charge is 2.14. The minimum atomic E-state index is -0.217. The predicted octanol–water partition coefficient (Wildman–Crippen LogP) is 2.09. The SMILES string of the molecule is CC(C)(C)OCc1nnc2cncc(Cl)n12. The summed E-state index contributed by atoms with van der Waals surface area (Å²) in [7, 11) is 0. The van der Waals surface area contributed by atoms with Gasteiger partial charge in [0.15, 0.2) is 11.5 Å². The Morgan fingerprint density at radius 3 is 2.75 bits per heavy atom. The molecule has 0 spiro atoms. The average Bonchev–Trinajstić information content (AvgIpc) is 2.58. The van der Waals surface area contributed by atoms with Gasteiger partial charge in [-0.05, 0) is 20.8 Å². The van der Waals surface area contributed by atoms with Gasteiger partial charge in [-0.15, -0.1) is 10.2 Å². The normalized spacial score (nSPS) is 12.2. The van der Waals surface area contributed by atoms with Gasteiger partial charge < -0.3 is 4.74 Å². The lowest BCUT2D eigenvalue weighted by Gasteiger charge is -2.18. The van der Waals surface area contributed by atoms with Crippen molar-refractivity contribution in [3.8, 4) is 0 Å². The summed E-state index contributed by atoms with van der Waals surface area (Å²) in [6.45, 7) is 6.33. The van der Waals surface area contributed by atoms with Gasteiger partial charge in [-0.25, -0.2) is 0 Å². The number of ether oxygens (including phenoxy) is 1. The van der Waals surface area contributed by atoms with Crippen LogP contribution in [0.4, 0.5) is 0 Å². The lowest BCUT2D eigenvalue weighted by Crippen LogP contribution is -2.19. The van der Waals surface area contributed by atoms with Crippen LogP contribution in [0.2, 0.25) is 5.15 Å². The van der Waals surface area contributed by atoms with Crippen molar-refractivity contribution in [3.05, 3.63) is 23.4 Å². The van der Waals surface area contributed by atoms with E-state index < -0.39 is 0 Å². The molecule has 0 bridgehead atoms. The number of hydrogen-bond acceptors (Lipinski definition) is 4. The molecule has 0 aliphatic heterocycles. The van der Waals surface area contributed by atoms with Gasteiger partial charge in [0, 0.05) is 0 Å². The predicted molar refractivity (Wildman–Crippen MR) is 60.3 cm³/mol. The van der Waals surface area contributed by atoms with E-state index in [0.29, 0.717) is 23.2 Å². The zero-order valence-corrected chi connectivity index (χ0v) is 10.2. The molecule has 0 atom stereocenters. The molecule has 2 heterocycles. The molecule has 0 aromatic carbocycles. The maximum atomic E-state index is 6.02. The van der Waals surface area contributed by atoms with Crippen molar-refractivity contribution in [2.75, 3.05) is 0 Å². The van der Waals surface area contributed by atoms with Crippen molar-refractivity contribution in [2.45, 2.75) is 33.0 Å². The van der Waals surface area contributed by atoms with E-state index in [9.17, 15) is 0 Å². The Hall–Kier alpha value is -1.20. The number of halogens is 1. The summed E-state index contributed by atoms with van der Waals surface area (Å²) in [5.41, 5.74) is 0.408. The summed E-state index contributed by atoms with van der Waals surface area (Å²) in [5.74, 6) is 0.678. The first-order valence-corrected chi connectivity index (χ1v) is 5.33. The van der Waals surface area contributed by atoms with Gasteiger partial charge >= 0.3 is 0 Å². The van der Waals surface area contributed by atoms with E-state index in [-0.39, 0.29) is 5.60 Å². The number of aromatic nitrogens is 4. The van der Waals surface area contributed by atoms with Crippen LogP contribution in [0.3, 0.4) is 0 Å². The fourth-order valence-electron chi connectivity index (χ4n) is 1.24. The Kier molecular flexibility index (Phi) is 2.82. The molecule has 0 aliphatic carbocycles. The molecular formula is C10H13ClN4O. The molecule has 0 saturated heterocycles. The monoisotopic (exact) mass is 240 g/mol. The van der Waals surface area contributed by atoms with Crippen LogP contribution in [0.5, 0.6) is 0 Å². The Balaban J connectivity index is 2.32. The number of rotatable bonds is 2. The maximum absolute atomic E-state index is 6.02. The van der Waals surface area contributed by atoms with E-state index in [0.717, 1.165) is 0 Å². The van der Waals surface area contributed by atoms with Crippen molar-refractivity contribution in [3.63, 3.8) is 0 Å². The van der Waals surface area contributed by atoms with Crippen LogP contribution in [-0.2, 0) is 11.3 Å². The molecule has 86 valence electrons. The van der Waals surface area contributed by atoms with E-state index in [1.54, 1.807) is 16.8 Å². The molecule has 0 radical (unpaired) electrons. The van der Waals surface area contributed by atoms with Crippen LogP contribution in [0.15, 0.2) is 12.4 Å². The molecule has 0 unspecified atom stereocenters. The summed E-state index contributed by atoms with van der Waals surface area (Å²) in [4.78, 5) is 3.94. The molecule has 0 fully saturated rings. The fourth-order valence-corrected chi connectivity index (χ4v) is 1.49. The lowest BCUT2D eigenvalue weighted by atomic mass is 10.2. The zero-order chi connectivity index (χ0) is 11.8. The smallest absolute Gasteiger partial charge is 0.180 e. The zero-order valence-electron chi connectivity index (χ0n) is 9.44. The summed E-state index contributed by atoms with van der Waals surface area (Å²) in [5, 5.41) is 8.47. The first kappa shape index (κ1) is 11.3.